The Morgan fingerprint density at radius 2 is 1.88 bits per heavy atom. The van der Waals surface area contributed by atoms with E-state index < -0.39 is 0 Å². The van der Waals surface area contributed by atoms with E-state index in [1.165, 1.54) is 0 Å². The molecule has 0 aromatic rings. The molecule has 0 fully saturated rings. The molecule has 0 aliphatic carbocycles. The maximum atomic E-state index is 5.41. The molecule has 0 amide bonds. The van der Waals surface area contributed by atoms with E-state index in [9.17, 15) is 0 Å². The van der Waals surface area contributed by atoms with Crippen molar-refractivity contribution < 1.29 is 18.9 Å². The minimum Gasteiger partial charge on any atom is -0.359 e. The van der Waals surface area contributed by atoms with E-state index in [2.05, 4.69) is 12.5 Å². The Balaban J connectivity index is 4.01. The molecule has 0 aromatic carbocycles. The average Bonchev–Trinajstić information content (AvgIpc) is 2.31. The van der Waals surface area contributed by atoms with Crippen molar-refractivity contribution in [2.45, 2.75) is 25.0 Å². The van der Waals surface area contributed by atoms with Crippen molar-refractivity contribution in [2.24, 2.45) is 0 Å². The topological polar surface area (TPSA) is 36.9 Å². The molecule has 0 rings (SSSR count). The molecule has 0 aliphatic heterocycles. The van der Waals surface area contributed by atoms with Crippen molar-refractivity contribution in [3.05, 3.63) is 12.7 Å². The van der Waals surface area contributed by atoms with Gasteiger partial charge in [-0.1, -0.05) is 6.08 Å². The van der Waals surface area contributed by atoms with Gasteiger partial charge in [0, 0.05) is 27.1 Å². The van der Waals surface area contributed by atoms with Crippen LogP contribution < -0.4 is 0 Å². The van der Waals surface area contributed by atoms with Crippen molar-refractivity contribution in [1.29, 1.82) is 0 Å². The predicted octanol–water partition coefficient (Wildman–Crippen LogP) is 1.56. The van der Waals surface area contributed by atoms with Crippen LogP contribution in [0.2, 0.25) is 0 Å². The molecule has 2 atom stereocenters. The molecular weight excluding hydrogens is 208 g/mol. The molecular formula is C12H20O4. The van der Waals surface area contributed by atoms with Gasteiger partial charge in [0.25, 0.3) is 0 Å². The van der Waals surface area contributed by atoms with Gasteiger partial charge in [-0.05, 0) is 0 Å². The van der Waals surface area contributed by atoms with Crippen LogP contribution in [-0.4, -0.2) is 40.0 Å². The van der Waals surface area contributed by atoms with Crippen LogP contribution in [-0.2, 0) is 18.9 Å². The van der Waals surface area contributed by atoms with Crippen molar-refractivity contribution in [2.75, 3.05) is 27.8 Å². The Morgan fingerprint density at radius 1 is 1.25 bits per heavy atom. The third-order valence-electron chi connectivity index (χ3n) is 1.93. The van der Waals surface area contributed by atoms with Crippen LogP contribution in [0.5, 0.6) is 0 Å². The third kappa shape index (κ3) is 7.43. The fourth-order valence-corrected chi connectivity index (χ4v) is 1.15. The predicted molar refractivity (Wildman–Crippen MR) is 61.8 cm³/mol. The van der Waals surface area contributed by atoms with Gasteiger partial charge in [0.15, 0.2) is 0 Å². The van der Waals surface area contributed by atoms with Gasteiger partial charge in [-0.2, -0.15) is 0 Å². The van der Waals surface area contributed by atoms with Crippen LogP contribution >= 0.6 is 0 Å². The molecule has 0 aromatic heterocycles. The molecule has 4 heteroatoms. The minimum absolute atomic E-state index is 0.0928. The third-order valence-corrected chi connectivity index (χ3v) is 1.93. The maximum absolute atomic E-state index is 5.41. The molecule has 0 unspecified atom stereocenters. The lowest BCUT2D eigenvalue weighted by Gasteiger charge is -2.20. The summed E-state index contributed by atoms with van der Waals surface area (Å²) in [7, 11) is 3.14. The lowest BCUT2D eigenvalue weighted by molar-refractivity contribution is -0.102. The Kier molecular flexibility index (Phi) is 10.1. The van der Waals surface area contributed by atoms with Crippen LogP contribution in [0.1, 0.15) is 12.8 Å². The zero-order valence-corrected chi connectivity index (χ0v) is 9.98. The van der Waals surface area contributed by atoms with Gasteiger partial charge in [0.1, 0.15) is 13.6 Å². The fraction of sp³-hybridized carbons (Fsp3) is 0.667. The summed E-state index contributed by atoms with van der Waals surface area (Å²) in [6, 6.07) is 0. The molecule has 0 heterocycles. The molecule has 0 radical (unpaired) electrons. The average molecular weight is 228 g/mol. The lowest BCUT2D eigenvalue weighted by atomic mass is 10.1. The van der Waals surface area contributed by atoms with Gasteiger partial charge in [0.05, 0.1) is 12.2 Å². The van der Waals surface area contributed by atoms with Gasteiger partial charge in [-0.25, -0.2) is 0 Å². The van der Waals surface area contributed by atoms with Gasteiger partial charge in [0.2, 0.25) is 0 Å². The quantitative estimate of drug-likeness (QED) is 0.323. The zero-order chi connectivity index (χ0) is 12.2. The van der Waals surface area contributed by atoms with Crippen LogP contribution in [0.15, 0.2) is 12.7 Å². The summed E-state index contributed by atoms with van der Waals surface area (Å²) in [5.41, 5.74) is 0. The van der Waals surface area contributed by atoms with Crippen LogP contribution in [0.3, 0.4) is 0 Å². The fourth-order valence-electron chi connectivity index (χ4n) is 1.15. The van der Waals surface area contributed by atoms with E-state index in [0.29, 0.717) is 12.8 Å². The molecule has 0 aliphatic rings. The Bertz CT molecular complexity index is 210. The van der Waals surface area contributed by atoms with Gasteiger partial charge < -0.3 is 18.9 Å². The lowest BCUT2D eigenvalue weighted by Crippen LogP contribution is -2.23. The highest BCUT2D eigenvalue weighted by molar-refractivity contribution is 4.91. The summed E-state index contributed by atoms with van der Waals surface area (Å²) in [5.74, 6) is 2.56. The van der Waals surface area contributed by atoms with Crippen molar-refractivity contribution in [3.63, 3.8) is 0 Å². The van der Waals surface area contributed by atoms with E-state index in [-0.39, 0.29) is 25.8 Å². The highest BCUT2D eigenvalue weighted by atomic mass is 16.7. The standard InChI is InChI=1S/C12H20O4/c1-5-7-12(16-10-14-4)8-11(6-2)15-9-13-3/h1,6,11-12H,2,7-10H2,3-4H3/t11-,12-/m1/s1. The SMILES string of the molecule is C#CC[C@H](C[C@@H](C=C)OCOC)OCOC. The molecule has 0 spiro atoms. The number of rotatable bonds is 10. The van der Waals surface area contributed by atoms with Crippen LogP contribution in [0.25, 0.3) is 0 Å². The Labute approximate surface area is 97.5 Å². The Hall–Kier alpha value is -0.860. The van der Waals surface area contributed by atoms with Crippen molar-refractivity contribution in [3.8, 4) is 12.3 Å². The molecule has 0 saturated carbocycles. The van der Waals surface area contributed by atoms with E-state index in [1.807, 2.05) is 0 Å². The summed E-state index contributed by atoms with van der Waals surface area (Å²) < 4.78 is 20.4. The number of hydrogen-bond donors (Lipinski definition) is 0. The number of hydrogen-bond acceptors (Lipinski definition) is 4. The largest absolute Gasteiger partial charge is 0.359 e. The molecule has 0 saturated heterocycles. The highest BCUT2D eigenvalue weighted by Crippen LogP contribution is 2.11. The Morgan fingerprint density at radius 3 is 2.38 bits per heavy atom. The van der Waals surface area contributed by atoms with Gasteiger partial charge in [-0.15, -0.1) is 18.9 Å². The second-order valence-electron chi connectivity index (χ2n) is 3.19. The first-order valence-electron chi connectivity index (χ1n) is 5.05. The van der Waals surface area contributed by atoms with Gasteiger partial charge >= 0.3 is 0 Å². The van der Waals surface area contributed by atoms with E-state index >= 15 is 0 Å². The number of terminal acetylenes is 1. The monoisotopic (exact) mass is 228 g/mol. The number of ether oxygens (including phenoxy) is 4. The van der Waals surface area contributed by atoms with Crippen LogP contribution in [0, 0.1) is 12.3 Å². The normalized spacial score (nSPS) is 14.1. The molecule has 0 bridgehead atoms. The smallest absolute Gasteiger partial charge is 0.147 e. The summed E-state index contributed by atoms with van der Waals surface area (Å²) in [6.07, 6.45) is 7.90. The first kappa shape index (κ1) is 15.1. The van der Waals surface area contributed by atoms with Crippen molar-refractivity contribution >= 4 is 0 Å². The molecule has 4 nitrogen and oxygen atoms in total. The van der Waals surface area contributed by atoms with Crippen molar-refractivity contribution in [1.82, 2.24) is 0 Å². The first-order chi connectivity index (χ1) is 7.78. The second-order valence-corrected chi connectivity index (χ2v) is 3.19. The second kappa shape index (κ2) is 10.7. The molecule has 0 N–H and O–H groups in total. The van der Waals surface area contributed by atoms with E-state index in [4.69, 9.17) is 25.4 Å². The molecule has 92 valence electrons. The summed E-state index contributed by atoms with van der Waals surface area (Å²) >= 11 is 0. The minimum atomic E-state index is -0.129. The summed E-state index contributed by atoms with van der Waals surface area (Å²) in [4.78, 5) is 0. The zero-order valence-electron chi connectivity index (χ0n) is 9.98. The first-order valence-corrected chi connectivity index (χ1v) is 5.05. The maximum Gasteiger partial charge on any atom is 0.147 e. The van der Waals surface area contributed by atoms with Crippen LogP contribution in [0.4, 0.5) is 0 Å². The number of methoxy groups -OCH3 is 2. The molecule has 16 heavy (non-hydrogen) atoms. The highest BCUT2D eigenvalue weighted by Gasteiger charge is 2.14. The van der Waals surface area contributed by atoms with Gasteiger partial charge in [-0.3, -0.25) is 0 Å². The van der Waals surface area contributed by atoms with E-state index in [0.717, 1.165) is 0 Å². The van der Waals surface area contributed by atoms with E-state index in [1.54, 1.807) is 20.3 Å². The summed E-state index contributed by atoms with van der Waals surface area (Å²) in [5, 5.41) is 0. The summed E-state index contributed by atoms with van der Waals surface area (Å²) in [6.45, 7) is 4.14.